The van der Waals surface area contributed by atoms with Crippen molar-refractivity contribution < 1.29 is 9.59 Å². The second-order valence-electron chi connectivity index (χ2n) is 8.43. The summed E-state index contributed by atoms with van der Waals surface area (Å²) >= 11 is 0. The number of hydrazone groups is 1. The highest BCUT2D eigenvalue weighted by Gasteiger charge is 2.34. The zero-order chi connectivity index (χ0) is 22.5. The molecule has 0 radical (unpaired) electrons. The van der Waals surface area contributed by atoms with Gasteiger partial charge in [-0.3, -0.25) is 19.5 Å². The minimum Gasteiger partial charge on any atom is -0.368 e. The molecule has 8 heteroatoms. The van der Waals surface area contributed by atoms with Crippen LogP contribution in [0.15, 0.2) is 59.7 Å². The van der Waals surface area contributed by atoms with Gasteiger partial charge in [0.2, 0.25) is 5.91 Å². The summed E-state index contributed by atoms with van der Waals surface area (Å²) in [5, 5.41) is 8.88. The number of nitrogens with two attached hydrogens (primary N) is 1. The Morgan fingerprint density at radius 2 is 1.75 bits per heavy atom. The molecule has 8 nitrogen and oxygen atoms in total. The van der Waals surface area contributed by atoms with Gasteiger partial charge in [-0.1, -0.05) is 42.5 Å². The Hall–Kier alpha value is -3.23. The summed E-state index contributed by atoms with van der Waals surface area (Å²) in [5.41, 5.74) is 8.88. The van der Waals surface area contributed by atoms with Crippen molar-refractivity contribution in [2.45, 2.75) is 25.6 Å². The molecule has 2 aliphatic heterocycles. The molecule has 2 aromatic carbocycles. The number of hydrogen-bond donors (Lipinski definition) is 2. The number of benzene rings is 2. The van der Waals surface area contributed by atoms with E-state index >= 15 is 0 Å². The van der Waals surface area contributed by atoms with E-state index in [1.54, 1.807) is 0 Å². The molecule has 2 amide bonds. The summed E-state index contributed by atoms with van der Waals surface area (Å²) in [6.07, 6.45) is 0.194. The molecule has 32 heavy (non-hydrogen) atoms. The highest BCUT2D eigenvalue weighted by molar-refractivity contribution is 6.40. The van der Waals surface area contributed by atoms with Crippen LogP contribution in [0.5, 0.6) is 0 Å². The van der Waals surface area contributed by atoms with Crippen LogP contribution in [0, 0.1) is 0 Å². The number of primary amides is 1. The summed E-state index contributed by atoms with van der Waals surface area (Å²) in [7, 11) is 2.15. The van der Waals surface area contributed by atoms with E-state index in [0.717, 1.165) is 44.0 Å². The van der Waals surface area contributed by atoms with E-state index in [1.165, 1.54) is 10.6 Å². The zero-order valence-electron chi connectivity index (χ0n) is 18.4. The number of para-hydroxylation sites is 1. The number of piperazine rings is 1. The van der Waals surface area contributed by atoms with Crippen LogP contribution in [0.3, 0.4) is 0 Å². The molecule has 4 rings (SSSR count). The number of nitrogens with one attached hydrogen (secondary N) is 1. The maximum absolute atomic E-state index is 12.8. The summed E-state index contributed by atoms with van der Waals surface area (Å²) in [6, 6.07) is 16.9. The van der Waals surface area contributed by atoms with Gasteiger partial charge < -0.3 is 16.0 Å². The van der Waals surface area contributed by atoms with Crippen molar-refractivity contribution in [2.75, 3.05) is 38.2 Å². The van der Waals surface area contributed by atoms with Crippen LogP contribution in [0.2, 0.25) is 0 Å². The number of anilines is 1. The third kappa shape index (κ3) is 5.33. The average Bonchev–Trinajstić information content (AvgIpc) is 3.26. The Balaban J connectivity index is 1.37. The van der Waals surface area contributed by atoms with Crippen molar-refractivity contribution in [1.29, 1.82) is 0 Å². The normalized spacial score (nSPS) is 19.6. The maximum Gasteiger partial charge on any atom is 0.267 e. The highest BCUT2D eigenvalue weighted by atomic mass is 16.2. The Kier molecular flexibility index (Phi) is 6.82. The van der Waals surface area contributed by atoms with Gasteiger partial charge in [0.1, 0.15) is 11.8 Å². The predicted molar refractivity (Wildman–Crippen MR) is 125 cm³/mol. The van der Waals surface area contributed by atoms with Crippen LogP contribution < -0.4 is 16.1 Å². The Morgan fingerprint density at radius 3 is 2.47 bits per heavy atom. The first-order chi connectivity index (χ1) is 15.5. The van der Waals surface area contributed by atoms with Crippen molar-refractivity contribution >= 4 is 23.2 Å². The zero-order valence-corrected chi connectivity index (χ0v) is 18.4. The molecule has 1 fully saturated rings. The molecular formula is C24H30N6O2. The van der Waals surface area contributed by atoms with E-state index in [2.05, 4.69) is 39.4 Å². The molecule has 0 aliphatic carbocycles. The number of rotatable bonds is 7. The second kappa shape index (κ2) is 9.93. The molecule has 2 aromatic rings. The largest absolute Gasteiger partial charge is 0.368 e. The number of carbonyl (C=O) groups excluding carboxylic acids is 2. The number of hydrogen-bond acceptors (Lipinski definition) is 6. The second-order valence-corrected chi connectivity index (χ2v) is 8.43. The third-order valence-corrected chi connectivity index (χ3v) is 5.97. The van der Waals surface area contributed by atoms with Crippen molar-refractivity contribution in [3.05, 3.63) is 65.7 Å². The first kappa shape index (κ1) is 22.0. The molecule has 2 aliphatic rings. The first-order valence-corrected chi connectivity index (χ1v) is 11.0. The van der Waals surface area contributed by atoms with Crippen molar-refractivity contribution in [3.8, 4) is 0 Å². The molecule has 3 N–H and O–H groups in total. The average molecular weight is 435 g/mol. The number of amides is 2. The fraction of sp³-hybridized carbons (Fsp3) is 0.375. The molecule has 0 saturated carbocycles. The molecule has 0 bridgehead atoms. The fourth-order valence-electron chi connectivity index (χ4n) is 4.07. The van der Waals surface area contributed by atoms with E-state index < -0.39 is 11.9 Å². The van der Waals surface area contributed by atoms with Gasteiger partial charge in [-0.05, 0) is 30.3 Å². The molecule has 1 unspecified atom stereocenters. The minimum absolute atomic E-state index is 0.194. The fourth-order valence-corrected chi connectivity index (χ4v) is 4.07. The SMILES string of the molecule is CN1CCN(Cc2cccc(CNC(=O)C3=NN(c4ccccc4)C(C(N)=O)C3)c2)CC1. The van der Waals surface area contributed by atoms with Crippen molar-refractivity contribution in [1.82, 2.24) is 15.1 Å². The lowest BCUT2D eigenvalue weighted by molar-refractivity contribution is -0.119. The van der Waals surface area contributed by atoms with Crippen LogP contribution >= 0.6 is 0 Å². The molecular weight excluding hydrogens is 404 g/mol. The quantitative estimate of drug-likeness (QED) is 0.682. The lowest BCUT2D eigenvalue weighted by Crippen LogP contribution is -2.43. The van der Waals surface area contributed by atoms with E-state index in [1.807, 2.05) is 42.5 Å². The van der Waals surface area contributed by atoms with Crippen molar-refractivity contribution in [2.24, 2.45) is 10.8 Å². The van der Waals surface area contributed by atoms with Crippen LogP contribution in [0.1, 0.15) is 17.5 Å². The first-order valence-electron chi connectivity index (χ1n) is 11.0. The predicted octanol–water partition coefficient (Wildman–Crippen LogP) is 1.17. The Morgan fingerprint density at radius 1 is 1.03 bits per heavy atom. The molecule has 1 saturated heterocycles. The maximum atomic E-state index is 12.8. The van der Waals surface area contributed by atoms with E-state index in [9.17, 15) is 9.59 Å². The van der Waals surface area contributed by atoms with Gasteiger partial charge in [0, 0.05) is 45.7 Å². The standard InChI is InChI=1S/C24H30N6O2/c1-28-10-12-29(13-11-28)17-19-7-5-6-18(14-19)16-26-24(32)21-15-22(23(25)31)30(27-21)20-8-3-2-4-9-20/h2-9,14,22H,10-13,15-17H2,1H3,(H2,25,31)(H,26,32). The van der Waals surface area contributed by atoms with Gasteiger partial charge >= 0.3 is 0 Å². The molecule has 2 heterocycles. The summed E-state index contributed by atoms with van der Waals surface area (Å²) < 4.78 is 0. The summed E-state index contributed by atoms with van der Waals surface area (Å²) in [6.45, 7) is 5.62. The lowest BCUT2D eigenvalue weighted by Gasteiger charge is -2.32. The van der Waals surface area contributed by atoms with Crippen LogP contribution in [0.25, 0.3) is 0 Å². The van der Waals surface area contributed by atoms with Crippen molar-refractivity contribution in [3.63, 3.8) is 0 Å². The minimum atomic E-state index is -0.662. The number of carbonyl (C=O) groups is 2. The summed E-state index contributed by atoms with van der Waals surface area (Å²) in [4.78, 5) is 29.5. The van der Waals surface area contributed by atoms with Gasteiger partial charge in [-0.2, -0.15) is 5.10 Å². The van der Waals surface area contributed by atoms with Crippen LogP contribution in [-0.2, 0) is 22.7 Å². The van der Waals surface area contributed by atoms with E-state index in [0.29, 0.717) is 12.3 Å². The van der Waals surface area contributed by atoms with E-state index in [-0.39, 0.29) is 12.3 Å². The van der Waals surface area contributed by atoms with Gasteiger partial charge in [0.25, 0.3) is 5.91 Å². The molecule has 1 atom stereocenters. The topological polar surface area (TPSA) is 94.3 Å². The van der Waals surface area contributed by atoms with E-state index in [4.69, 9.17) is 5.73 Å². The molecule has 0 spiro atoms. The number of nitrogens with zero attached hydrogens (tertiary/aromatic N) is 4. The van der Waals surface area contributed by atoms with Gasteiger partial charge in [-0.25, -0.2) is 0 Å². The van der Waals surface area contributed by atoms with Gasteiger partial charge in [0.05, 0.1) is 5.69 Å². The molecule has 0 aromatic heterocycles. The van der Waals surface area contributed by atoms with Gasteiger partial charge in [-0.15, -0.1) is 0 Å². The smallest absolute Gasteiger partial charge is 0.267 e. The summed E-state index contributed by atoms with van der Waals surface area (Å²) in [5.74, 6) is -0.781. The third-order valence-electron chi connectivity index (χ3n) is 5.97. The van der Waals surface area contributed by atoms with Crippen LogP contribution in [-0.4, -0.2) is 66.6 Å². The highest BCUT2D eigenvalue weighted by Crippen LogP contribution is 2.24. The molecule has 168 valence electrons. The number of likely N-dealkylation sites (N-methyl/N-ethyl adjacent to an activating group) is 1. The van der Waals surface area contributed by atoms with Gasteiger partial charge in [0.15, 0.2) is 0 Å². The monoisotopic (exact) mass is 434 g/mol. The van der Waals surface area contributed by atoms with Crippen LogP contribution in [0.4, 0.5) is 5.69 Å². The lowest BCUT2D eigenvalue weighted by atomic mass is 10.1. The Labute approximate surface area is 188 Å². The Bertz CT molecular complexity index is 985.